The Morgan fingerprint density at radius 2 is 2.06 bits per heavy atom. The Morgan fingerprint density at radius 3 is 2.69 bits per heavy atom. The van der Waals surface area contributed by atoms with Crippen LogP contribution in [-0.2, 0) is 16.0 Å². The molecule has 0 saturated carbocycles. The van der Waals surface area contributed by atoms with Gasteiger partial charge in [-0.15, -0.1) is 0 Å². The molecule has 0 amide bonds. The number of esters is 1. The molecule has 0 aromatic heterocycles. The Kier molecular flexibility index (Phi) is 5.03. The molecule has 0 N–H and O–H groups in total. The third-order valence-corrected chi connectivity index (χ3v) is 2.56. The second kappa shape index (κ2) is 6.31. The highest BCUT2D eigenvalue weighted by molar-refractivity contribution is 5.69. The summed E-state index contributed by atoms with van der Waals surface area (Å²) in [6.45, 7) is 6.69. The first-order valence-electron chi connectivity index (χ1n) is 5.85. The number of ether oxygens (including phenoxy) is 1. The van der Waals surface area contributed by atoms with Crippen molar-refractivity contribution < 1.29 is 9.53 Å². The minimum absolute atomic E-state index is 0.0955. The summed E-state index contributed by atoms with van der Waals surface area (Å²) in [7, 11) is 0. The Bertz CT molecular complexity index is 356. The van der Waals surface area contributed by atoms with Crippen LogP contribution in [0.5, 0.6) is 0 Å². The zero-order chi connectivity index (χ0) is 12.0. The van der Waals surface area contributed by atoms with E-state index in [9.17, 15) is 4.79 Å². The molecular weight excluding hydrogens is 200 g/mol. The minimum atomic E-state index is -0.0955. The summed E-state index contributed by atoms with van der Waals surface area (Å²) in [4.78, 5) is 11.3. The van der Waals surface area contributed by atoms with Gasteiger partial charge < -0.3 is 4.74 Å². The number of carbonyl (C=O) groups is 1. The second-order valence-electron chi connectivity index (χ2n) is 4.15. The smallest absolute Gasteiger partial charge is 0.306 e. The number of aryl methyl sites for hydroxylation is 3. The molecule has 0 atom stereocenters. The molecule has 0 bridgehead atoms. The zero-order valence-corrected chi connectivity index (χ0v) is 10.4. The maximum Gasteiger partial charge on any atom is 0.306 e. The van der Waals surface area contributed by atoms with Crippen molar-refractivity contribution in [1.82, 2.24) is 0 Å². The molecule has 0 radical (unpaired) electrons. The van der Waals surface area contributed by atoms with E-state index in [1.807, 2.05) is 6.92 Å². The summed E-state index contributed by atoms with van der Waals surface area (Å²) in [5.74, 6) is -0.0955. The first-order chi connectivity index (χ1) is 7.63. The van der Waals surface area contributed by atoms with Crippen LogP contribution in [0.15, 0.2) is 18.2 Å². The van der Waals surface area contributed by atoms with Gasteiger partial charge in [0.1, 0.15) is 0 Å². The first kappa shape index (κ1) is 12.8. The normalized spacial score (nSPS) is 10.2. The van der Waals surface area contributed by atoms with E-state index in [1.165, 1.54) is 16.7 Å². The van der Waals surface area contributed by atoms with Gasteiger partial charge in [-0.25, -0.2) is 0 Å². The molecule has 0 aliphatic heterocycles. The summed E-state index contributed by atoms with van der Waals surface area (Å²) in [5, 5.41) is 0. The van der Waals surface area contributed by atoms with Gasteiger partial charge >= 0.3 is 5.97 Å². The topological polar surface area (TPSA) is 26.3 Å². The van der Waals surface area contributed by atoms with E-state index in [1.54, 1.807) is 0 Å². The summed E-state index contributed by atoms with van der Waals surface area (Å²) >= 11 is 0. The molecule has 0 aliphatic carbocycles. The molecule has 16 heavy (non-hydrogen) atoms. The number of carbonyl (C=O) groups excluding carboxylic acids is 1. The fraction of sp³-hybridized carbons (Fsp3) is 0.500. The lowest BCUT2D eigenvalue weighted by molar-refractivity contribution is -0.143. The average molecular weight is 220 g/mol. The lowest BCUT2D eigenvalue weighted by Gasteiger charge is -2.07. The predicted octanol–water partition coefficient (Wildman–Crippen LogP) is 3.19. The standard InChI is InChI=1S/C14H20O2/c1-4-9-16-14(15)8-7-13-6-5-11(2)10-12(13)3/h5-6,10H,4,7-9H2,1-3H3. The van der Waals surface area contributed by atoms with E-state index in [0.29, 0.717) is 13.0 Å². The molecular formula is C14H20O2. The highest BCUT2D eigenvalue weighted by Crippen LogP contribution is 2.12. The van der Waals surface area contributed by atoms with Crippen LogP contribution in [-0.4, -0.2) is 12.6 Å². The van der Waals surface area contributed by atoms with Crippen molar-refractivity contribution in [2.75, 3.05) is 6.61 Å². The zero-order valence-electron chi connectivity index (χ0n) is 10.4. The van der Waals surface area contributed by atoms with Crippen molar-refractivity contribution in [2.24, 2.45) is 0 Å². The quantitative estimate of drug-likeness (QED) is 0.712. The second-order valence-corrected chi connectivity index (χ2v) is 4.15. The van der Waals surface area contributed by atoms with Crippen molar-refractivity contribution in [3.63, 3.8) is 0 Å². The summed E-state index contributed by atoms with van der Waals surface area (Å²) in [6, 6.07) is 6.32. The van der Waals surface area contributed by atoms with Crippen molar-refractivity contribution in [3.05, 3.63) is 34.9 Å². The van der Waals surface area contributed by atoms with Crippen LogP contribution < -0.4 is 0 Å². The van der Waals surface area contributed by atoms with Gasteiger partial charge in [0, 0.05) is 6.42 Å². The molecule has 2 heteroatoms. The fourth-order valence-electron chi connectivity index (χ4n) is 1.65. The van der Waals surface area contributed by atoms with Crippen molar-refractivity contribution in [3.8, 4) is 0 Å². The maximum atomic E-state index is 11.3. The van der Waals surface area contributed by atoms with Crippen molar-refractivity contribution >= 4 is 5.97 Å². The van der Waals surface area contributed by atoms with Crippen molar-refractivity contribution in [2.45, 2.75) is 40.0 Å². The van der Waals surface area contributed by atoms with E-state index >= 15 is 0 Å². The predicted molar refractivity (Wildman–Crippen MR) is 65.5 cm³/mol. The molecule has 2 nitrogen and oxygen atoms in total. The molecule has 0 saturated heterocycles. The van der Waals surface area contributed by atoms with Gasteiger partial charge in [-0.3, -0.25) is 4.79 Å². The Labute approximate surface area is 97.6 Å². The van der Waals surface area contributed by atoms with Crippen LogP contribution in [0.1, 0.15) is 36.5 Å². The summed E-state index contributed by atoms with van der Waals surface area (Å²) < 4.78 is 5.04. The van der Waals surface area contributed by atoms with Gasteiger partial charge in [-0.2, -0.15) is 0 Å². The lowest BCUT2D eigenvalue weighted by atomic mass is 10.0. The highest BCUT2D eigenvalue weighted by Gasteiger charge is 2.04. The number of benzene rings is 1. The SMILES string of the molecule is CCCOC(=O)CCc1ccc(C)cc1C. The molecule has 0 heterocycles. The molecule has 0 spiro atoms. The minimum Gasteiger partial charge on any atom is -0.466 e. The molecule has 0 fully saturated rings. The molecule has 0 unspecified atom stereocenters. The van der Waals surface area contributed by atoms with E-state index in [2.05, 4.69) is 32.0 Å². The third kappa shape index (κ3) is 4.05. The van der Waals surface area contributed by atoms with E-state index in [4.69, 9.17) is 4.74 Å². The van der Waals surface area contributed by atoms with Crippen LogP contribution in [0, 0.1) is 13.8 Å². The first-order valence-corrected chi connectivity index (χ1v) is 5.85. The summed E-state index contributed by atoms with van der Waals surface area (Å²) in [5.41, 5.74) is 3.75. The molecule has 0 aliphatic rings. The Hall–Kier alpha value is -1.31. The van der Waals surface area contributed by atoms with Gasteiger partial charge in [0.05, 0.1) is 6.61 Å². The van der Waals surface area contributed by atoms with Gasteiger partial charge in [0.15, 0.2) is 0 Å². The average Bonchev–Trinajstić information content (AvgIpc) is 2.25. The van der Waals surface area contributed by atoms with E-state index in [-0.39, 0.29) is 5.97 Å². The Morgan fingerprint density at radius 1 is 1.31 bits per heavy atom. The number of hydrogen-bond donors (Lipinski definition) is 0. The summed E-state index contributed by atoms with van der Waals surface area (Å²) in [6.07, 6.45) is 2.13. The van der Waals surface area contributed by atoms with Gasteiger partial charge in [-0.1, -0.05) is 30.7 Å². The number of rotatable bonds is 5. The molecule has 1 aromatic carbocycles. The monoisotopic (exact) mass is 220 g/mol. The van der Waals surface area contributed by atoms with E-state index in [0.717, 1.165) is 12.8 Å². The van der Waals surface area contributed by atoms with Gasteiger partial charge in [0.25, 0.3) is 0 Å². The van der Waals surface area contributed by atoms with Crippen LogP contribution in [0.2, 0.25) is 0 Å². The molecule has 88 valence electrons. The number of hydrogen-bond acceptors (Lipinski definition) is 2. The fourth-order valence-corrected chi connectivity index (χ4v) is 1.65. The van der Waals surface area contributed by atoms with Crippen LogP contribution in [0.4, 0.5) is 0 Å². The maximum absolute atomic E-state index is 11.3. The lowest BCUT2D eigenvalue weighted by Crippen LogP contribution is -2.06. The largest absolute Gasteiger partial charge is 0.466 e. The van der Waals surface area contributed by atoms with Crippen LogP contribution in [0.3, 0.4) is 0 Å². The van der Waals surface area contributed by atoms with Gasteiger partial charge in [0.2, 0.25) is 0 Å². The van der Waals surface area contributed by atoms with Crippen LogP contribution >= 0.6 is 0 Å². The van der Waals surface area contributed by atoms with Gasteiger partial charge in [-0.05, 0) is 37.8 Å². The Balaban J connectivity index is 2.45. The molecule has 1 aromatic rings. The van der Waals surface area contributed by atoms with E-state index < -0.39 is 0 Å². The third-order valence-electron chi connectivity index (χ3n) is 2.56. The van der Waals surface area contributed by atoms with Crippen LogP contribution in [0.25, 0.3) is 0 Å². The highest BCUT2D eigenvalue weighted by atomic mass is 16.5. The van der Waals surface area contributed by atoms with Crippen molar-refractivity contribution in [1.29, 1.82) is 0 Å². The molecule has 1 rings (SSSR count).